The zero-order valence-electron chi connectivity index (χ0n) is 16.5. The molecule has 3 aromatic rings. The predicted octanol–water partition coefficient (Wildman–Crippen LogP) is 3.95. The van der Waals surface area contributed by atoms with E-state index in [0.717, 1.165) is 0 Å². The predicted molar refractivity (Wildman–Crippen MR) is 108 cm³/mol. The van der Waals surface area contributed by atoms with E-state index in [4.69, 9.17) is 25.8 Å². The molecule has 2 unspecified atom stereocenters. The Morgan fingerprint density at radius 2 is 2.00 bits per heavy atom. The van der Waals surface area contributed by atoms with Crippen LogP contribution in [0.1, 0.15) is 41.4 Å². The third-order valence-corrected chi connectivity index (χ3v) is 5.32. The van der Waals surface area contributed by atoms with Gasteiger partial charge in [-0.15, -0.1) is 10.2 Å². The second-order valence-electron chi connectivity index (χ2n) is 6.75. The highest BCUT2D eigenvalue weighted by molar-refractivity contribution is 6.30. The zero-order valence-corrected chi connectivity index (χ0v) is 17.3. The number of para-hydroxylation sites is 1. The van der Waals surface area contributed by atoms with Gasteiger partial charge >= 0.3 is 0 Å². The summed E-state index contributed by atoms with van der Waals surface area (Å²) in [7, 11) is 3.11. The maximum absolute atomic E-state index is 13.7. The van der Waals surface area contributed by atoms with Crippen molar-refractivity contribution < 1.29 is 23.7 Å². The topological polar surface area (TPSA) is 78.6 Å². The molecule has 0 saturated carbocycles. The number of methoxy groups -OCH3 is 2. The van der Waals surface area contributed by atoms with Gasteiger partial charge < -0.3 is 19.3 Å². The lowest BCUT2D eigenvalue weighted by molar-refractivity contribution is -0.00986. The number of halogens is 2. The maximum atomic E-state index is 13.7. The number of aliphatic hydroxyl groups excluding tert-OH is 1. The molecule has 0 saturated heterocycles. The Morgan fingerprint density at radius 1 is 1.17 bits per heavy atom. The fourth-order valence-electron chi connectivity index (χ4n) is 3.80. The van der Waals surface area contributed by atoms with Crippen LogP contribution in [0.2, 0.25) is 5.02 Å². The van der Waals surface area contributed by atoms with E-state index in [2.05, 4.69) is 10.2 Å². The van der Waals surface area contributed by atoms with E-state index >= 15 is 0 Å². The van der Waals surface area contributed by atoms with Gasteiger partial charge in [0.1, 0.15) is 18.9 Å². The quantitative estimate of drug-likeness (QED) is 0.634. The van der Waals surface area contributed by atoms with Crippen LogP contribution in [-0.2, 0) is 11.4 Å². The Balaban J connectivity index is 1.99. The van der Waals surface area contributed by atoms with Crippen LogP contribution in [0.25, 0.3) is 5.69 Å². The SMILES string of the molecule is COc1cccc(C2OC(CCO)c3nnc(CF)n3-c3ccc(Cl)cc32)c1OC. The standard InChI is InChI=1S/C21H21ClFN3O4/c1-28-16-5-3-4-13(20(16)29-2)19-14-10-12(22)6-7-15(14)26-18(11-23)24-25-21(26)17(30-19)8-9-27/h3-7,10,17,19,27H,8-9,11H2,1-2H3. The molecule has 0 aliphatic carbocycles. The van der Waals surface area contributed by atoms with Crippen LogP contribution in [0.5, 0.6) is 11.5 Å². The first-order valence-corrected chi connectivity index (χ1v) is 9.77. The largest absolute Gasteiger partial charge is 0.493 e. The molecule has 0 spiro atoms. The molecule has 9 heteroatoms. The number of nitrogens with zero attached hydrogens (tertiary/aromatic N) is 3. The summed E-state index contributed by atoms with van der Waals surface area (Å²) in [5.41, 5.74) is 2.07. The van der Waals surface area contributed by atoms with Crippen molar-refractivity contribution in [3.05, 3.63) is 64.2 Å². The van der Waals surface area contributed by atoms with Crippen molar-refractivity contribution in [2.24, 2.45) is 0 Å². The van der Waals surface area contributed by atoms with E-state index in [1.807, 2.05) is 12.1 Å². The average Bonchev–Trinajstić information content (AvgIpc) is 3.14. The van der Waals surface area contributed by atoms with E-state index in [1.54, 1.807) is 43.1 Å². The first-order valence-electron chi connectivity index (χ1n) is 9.40. The molecule has 2 aromatic carbocycles. The second kappa shape index (κ2) is 8.59. The number of hydrogen-bond acceptors (Lipinski definition) is 6. The van der Waals surface area contributed by atoms with Crippen molar-refractivity contribution in [1.82, 2.24) is 14.8 Å². The monoisotopic (exact) mass is 433 g/mol. The van der Waals surface area contributed by atoms with Crippen LogP contribution in [-0.4, -0.2) is 40.7 Å². The highest BCUT2D eigenvalue weighted by Gasteiger charge is 2.35. The fraction of sp³-hybridized carbons (Fsp3) is 0.333. The van der Waals surface area contributed by atoms with E-state index in [0.29, 0.717) is 39.2 Å². The smallest absolute Gasteiger partial charge is 0.169 e. The van der Waals surface area contributed by atoms with Crippen molar-refractivity contribution in [2.75, 3.05) is 20.8 Å². The summed E-state index contributed by atoms with van der Waals surface area (Å²) in [5, 5.41) is 18.3. The normalized spacial score (nSPS) is 17.8. The Kier molecular flexibility index (Phi) is 5.90. The highest BCUT2D eigenvalue weighted by atomic mass is 35.5. The number of rotatable bonds is 6. The van der Waals surface area contributed by atoms with Crippen molar-refractivity contribution in [3.63, 3.8) is 0 Å². The summed E-state index contributed by atoms with van der Waals surface area (Å²) >= 11 is 6.32. The summed E-state index contributed by atoms with van der Waals surface area (Å²) in [5.74, 6) is 1.64. The number of aliphatic hydroxyl groups is 1. The van der Waals surface area contributed by atoms with E-state index in [1.165, 1.54) is 0 Å². The molecule has 4 rings (SSSR count). The minimum absolute atomic E-state index is 0.137. The van der Waals surface area contributed by atoms with Gasteiger partial charge in [-0.1, -0.05) is 23.7 Å². The van der Waals surface area contributed by atoms with Crippen molar-refractivity contribution >= 4 is 11.6 Å². The first kappa shape index (κ1) is 20.6. The molecule has 1 aliphatic rings. The number of benzene rings is 2. The molecule has 7 nitrogen and oxygen atoms in total. The Labute approximate surface area is 178 Å². The number of alkyl halides is 1. The van der Waals surface area contributed by atoms with Crippen LogP contribution in [0.4, 0.5) is 4.39 Å². The minimum Gasteiger partial charge on any atom is -0.493 e. The second-order valence-corrected chi connectivity index (χ2v) is 7.18. The Bertz CT molecular complexity index is 1060. The van der Waals surface area contributed by atoms with Gasteiger partial charge in [-0.25, -0.2) is 4.39 Å². The molecular weight excluding hydrogens is 413 g/mol. The number of fused-ring (bicyclic) bond motifs is 3. The van der Waals surface area contributed by atoms with Crippen molar-refractivity contribution in [3.8, 4) is 17.2 Å². The summed E-state index contributed by atoms with van der Waals surface area (Å²) in [6.07, 6.45) is -1.00. The fourth-order valence-corrected chi connectivity index (χ4v) is 3.98. The van der Waals surface area contributed by atoms with Gasteiger partial charge in [0.15, 0.2) is 23.1 Å². The molecule has 30 heavy (non-hydrogen) atoms. The average molecular weight is 434 g/mol. The zero-order chi connectivity index (χ0) is 21.3. The molecule has 0 fully saturated rings. The molecule has 158 valence electrons. The lowest BCUT2D eigenvalue weighted by atomic mass is 9.98. The molecule has 0 bridgehead atoms. The first-order chi connectivity index (χ1) is 14.6. The Morgan fingerprint density at radius 3 is 2.70 bits per heavy atom. The van der Waals surface area contributed by atoms with E-state index in [9.17, 15) is 9.50 Å². The molecule has 1 N–H and O–H groups in total. The van der Waals surface area contributed by atoms with Crippen LogP contribution in [0.15, 0.2) is 36.4 Å². The lowest BCUT2D eigenvalue weighted by Crippen LogP contribution is -2.14. The van der Waals surface area contributed by atoms with E-state index < -0.39 is 18.9 Å². The molecule has 0 amide bonds. The molecule has 2 atom stereocenters. The van der Waals surface area contributed by atoms with Crippen molar-refractivity contribution in [1.29, 1.82) is 0 Å². The summed E-state index contributed by atoms with van der Waals surface area (Å²) in [4.78, 5) is 0. The summed E-state index contributed by atoms with van der Waals surface area (Å²) < 4.78 is 32.9. The van der Waals surface area contributed by atoms with Gasteiger partial charge in [-0.05, 0) is 24.3 Å². The third kappa shape index (κ3) is 3.40. The van der Waals surface area contributed by atoms with Gasteiger partial charge in [-0.2, -0.15) is 0 Å². The molecule has 2 heterocycles. The summed E-state index contributed by atoms with van der Waals surface area (Å²) in [6, 6.07) is 10.8. The van der Waals surface area contributed by atoms with Crippen molar-refractivity contribution in [2.45, 2.75) is 25.3 Å². The lowest BCUT2D eigenvalue weighted by Gasteiger charge is -2.24. The van der Waals surface area contributed by atoms with Gasteiger partial charge in [0, 0.05) is 29.2 Å². The Hall–Kier alpha value is -2.68. The van der Waals surface area contributed by atoms with Gasteiger partial charge in [0.25, 0.3) is 0 Å². The molecular formula is C21H21ClFN3O4. The minimum atomic E-state index is -0.798. The van der Waals surface area contributed by atoms with Gasteiger partial charge in [0.05, 0.1) is 19.9 Å². The maximum Gasteiger partial charge on any atom is 0.169 e. The molecule has 1 aliphatic heterocycles. The molecule has 0 radical (unpaired) electrons. The van der Waals surface area contributed by atoms with Crippen LogP contribution in [0.3, 0.4) is 0 Å². The van der Waals surface area contributed by atoms with Crippen LogP contribution < -0.4 is 9.47 Å². The van der Waals surface area contributed by atoms with E-state index in [-0.39, 0.29) is 18.9 Å². The van der Waals surface area contributed by atoms with Crippen LogP contribution in [0, 0.1) is 0 Å². The number of hydrogen-bond donors (Lipinski definition) is 1. The van der Waals surface area contributed by atoms with Crippen LogP contribution >= 0.6 is 11.6 Å². The molecule has 1 aromatic heterocycles. The third-order valence-electron chi connectivity index (χ3n) is 5.08. The summed E-state index contributed by atoms with van der Waals surface area (Å²) in [6.45, 7) is -0.935. The number of aromatic nitrogens is 3. The van der Waals surface area contributed by atoms with Gasteiger partial charge in [-0.3, -0.25) is 4.57 Å². The highest BCUT2D eigenvalue weighted by Crippen LogP contribution is 2.46. The number of ether oxygens (including phenoxy) is 3. The van der Waals surface area contributed by atoms with Gasteiger partial charge in [0.2, 0.25) is 0 Å².